The molecule has 1 atom stereocenters. The van der Waals surface area contributed by atoms with E-state index in [1.165, 1.54) is 35.0 Å². The molecule has 3 rings (SSSR count). The van der Waals surface area contributed by atoms with Crippen molar-refractivity contribution in [2.45, 2.75) is 51.7 Å². The summed E-state index contributed by atoms with van der Waals surface area (Å²) in [6, 6.07) is 5.65. The van der Waals surface area contributed by atoms with Crippen LogP contribution in [0.25, 0.3) is 0 Å². The number of nitrogens with zero attached hydrogens (tertiary/aromatic N) is 1. The number of fused-ring (bicyclic) bond motifs is 1. The Labute approximate surface area is 136 Å². The Morgan fingerprint density at radius 2 is 2.29 bits per heavy atom. The SMILES string of the molecule is CC(C)NCC1CCCN1Cc1cc(Br)cc2c1OCC2. The highest BCUT2D eigenvalue weighted by Crippen LogP contribution is 2.34. The van der Waals surface area contributed by atoms with Crippen molar-refractivity contribution in [1.29, 1.82) is 0 Å². The van der Waals surface area contributed by atoms with Crippen LogP contribution >= 0.6 is 15.9 Å². The van der Waals surface area contributed by atoms with Crippen LogP contribution in [-0.2, 0) is 13.0 Å². The minimum absolute atomic E-state index is 0.561. The first-order chi connectivity index (χ1) is 10.1. The molecule has 1 unspecified atom stereocenters. The van der Waals surface area contributed by atoms with Gasteiger partial charge in [0.15, 0.2) is 0 Å². The van der Waals surface area contributed by atoms with Gasteiger partial charge in [0.1, 0.15) is 5.75 Å². The molecule has 21 heavy (non-hydrogen) atoms. The molecule has 0 aromatic heterocycles. The van der Waals surface area contributed by atoms with Crippen molar-refractivity contribution in [1.82, 2.24) is 10.2 Å². The van der Waals surface area contributed by atoms with E-state index in [9.17, 15) is 0 Å². The van der Waals surface area contributed by atoms with E-state index in [0.29, 0.717) is 12.1 Å². The number of halogens is 1. The lowest BCUT2D eigenvalue weighted by Gasteiger charge is -2.26. The van der Waals surface area contributed by atoms with Gasteiger partial charge >= 0.3 is 0 Å². The van der Waals surface area contributed by atoms with Crippen molar-refractivity contribution in [3.05, 3.63) is 27.7 Å². The molecule has 1 saturated heterocycles. The fraction of sp³-hybridized carbons (Fsp3) is 0.647. The molecular weight excluding hydrogens is 328 g/mol. The zero-order chi connectivity index (χ0) is 14.8. The third-order valence-electron chi connectivity index (χ3n) is 4.46. The molecule has 0 aliphatic carbocycles. The maximum absolute atomic E-state index is 5.87. The minimum atomic E-state index is 0.561. The first-order valence-electron chi connectivity index (χ1n) is 8.05. The summed E-state index contributed by atoms with van der Waals surface area (Å²) < 4.78 is 7.04. The molecule has 1 fully saturated rings. The van der Waals surface area contributed by atoms with Crippen molar-refractivity contribution in [3.63, 3.8) is 0 Å². The summed E-state index contributed by atoms with van der Waals surface area (Å²) in [5.74, 6) is 1.14. The number of benzene rings is 1. The van der Waals surface area contributed by atoms with Gasteiger partial charge < -0.3 is 10.1 Å². The third kappa shape index (κ3) is 3.61. The first-order valence-corrected chi connectivity index (χ1v) is 8.84. The lowest BCUT2D eigenvalue weighted by atomic mass is 10.1. The molecule has 0 bridgehead atoms. The van der Waals surface area contributed by atoms with Crippen molar-refractivity contribution < 1.29 is 4.74 Å². The summed E-state index contributed by atoms with van der Waals surface area (Å²) in [5, 5.41) is 3.58. The quantitative estimate of drug-likeness (QED) is 0.879. The van der Waals surface area contributed by atoms with E-state index < -0.39 is 0 Å². The van der Waals surface area contributed by atoms with Crippen LogP contribution in [0.5, 0.6) is 5.75 Å². The number of ether oxygens (including phenoxy) is 1. The molecule has 3 nitrogen and oxygen atoms in total. The summed E-state index contributed by atoms with van der Waals surface area (Å²) in [6.07, 6.45) is 3.65. The Kier molecular flexibility index (Phi) is 4.87. The smallest absolute Gasteiger partial charge is 0.127 e. The Bertz CT molecular complexity index is 504. The van der Waals surface area contributed by atoms with Crippen LogP contribution in [0.3, 0.4) is 0 Å². The van der Waals surface area contributed by atoms with Gasteiger partial charge in [0.2, 0.25) is 0 Å². The average molecular weight is 353 g/mol. The molecule has 1 N–H and O–H groups in total. The molecule has 2 aliphatic rings. The highest BCUT2D eigenvalue weighted by Gasteiger charge is 2.26. The predicted molar refractivity (Wildman–Crippen MR) is 89.9 cm³/mol. The van der Waals surface area contributed by atoms with E-state index in [1.807, 2.05) is 0 Å². The lowest BCUT2D eigenvalue weighted by Crippen LogP contribution is -2.39. The van der Waals surface area contributed by atoms with Crippen molar-refractivity contribution in [2.75, 3.05) is 19.7 Å². The molecule has 0 radical (unpaired) electrons. The van der Waals surface area contributed by atoms with Crippen LogP contribution in [0, 0.1) is 0 Å². The zero-order valence-corrected chi connectivity index (χ0v) is 14.6. The van der Waals surface area contributed by atoms with E-state index in [0.717, 1.165) is 31.9 Å². The molecule has 1 aromatic rings. The standard InChI is InChI=1S/C17H25BrN2O/c1-12(2)19-10-16-4-3-6-20(16)11-14-9-15(18)8-13-5-7-21-17(13)14/h8-9,12,16,19H,3-7,10-11H2,1-2H3. The van der Waals surface area contributed by atoms with Crippen LogP contribution in [0.2, 0.25) is 0 Å². The van der Waals surface area contributed by atoms with Gasteiger partial charge in [0, 0.05) is 41.6 Å². The minimum Gasteiger partial charge on any atom is -0.493 e. The largest absolute Gasteiger partial charge is 0.493 e. The first kappa shape index (κ1) is 15.3. The van der Waals surface area contributed by atoms with E-state index >= 15 is 0 Å². The van der Waals surface area contributed by atoms with Crippen molar-refractivity contribution >= 4 is 15.9 Å². The van der Waals surface area contributed by atoms with Crippen molar-refractivity contribution in [3.8, 4) is 5.75 Å². The second kappa shape index (κ2) is 6.67. The summed E-state index contributed by atoms with van der Waals surface area (Å²) in [6.45, 7) is 8.56. The second-order valence-corrected chi connectivity index (χ2v) is 7.40. The Morgan fingerprint density at radius 1 is 1.43 bits per heavy atom. The molecule has 116 valence electrons. The monoisotopic (exact) mass is 352 g/mol. The Morgan fingerprint density at radius 3 is 3.10 bits per heavy atom. The van der Waals surface area contributed by atoms with Crippen LogP contribution in [-0.4, -0.2) is 36.7 Å². The fourth-order valence-corrected chi connectivity index (χ4v) is 3.94. The summed E-state index contributed by atoms with van der Waals surface area (Å²) in [5.41, 5.74) is 2.70. The maximum Gasteiger partial charge on any atom is 0.127 e. The number of rotatable bonds is 5. The average Bonchev–Trinajstić information content (AvgIpc) is 3.05. The van der Waals surface area contributed by atoms with E-state index in [-0.39, 0.29) is 0 Å². The topological polar surface area (TPSA) is 24.5 Å². The Hall–Kier alpha value is -0.580. The van der Waals surface area contributed by atoms with Crippen LogP contribution in [0.15, 0.2) is 16.6 Å². The van der Waals surface area contributed by atoms with Gasteiger partial charge in [0.05, 0.1) is 6.61 Å². The van der Waals surface area contributed by atoms with Crippen molar-refractivity contribution in [2.24, 2.45) is 0 Å². The molecule has 4 heteroatoms. The maximum atomic E-state index is 5.87. The van der Waals surface area contributed by atoms with Crippen LogP contribution in [0.4, 0.5) is 0 Å². The molecular formula is C17H25BrN2O. The fourth-order valence-electron chi connectivity index (χ4n) is 3.39. The number of likely N-dealkylation sites (tertiary alicyclic amines) is 1. The van der Waals surface area contributed by atoms with Crippen LogP contribution in [0.1, 0.15) is 37.8 Å². The molecule has 2 heterocycles. The highest BCUT2D eigenvalue weighted by atomic mass is 79.9. The number of hydrogen-bond acceptors (Lipinski definition) is 3. The lowest BCUT2D eigenvalue weighted by molar-refractivity contribution is 0.232. The van der Waals surface area contributed by atoms with Gasteiger partial charge in [-0.1, -0.05) is 29.8 Å². The summed E-state index contributed by atoms with van der Waals surface area (Å²) in [7, 11) is 0. The zero-order valence-electron chi connectivity index (χ0n) is 13.0. The molecule has 1 aromatic carbocycles. The number of hydrogen-bond donors (Lipinski definition) is 1. The molecule has 0 amide bonds. The molecule has 0 spiro atoms. The van der Waals surface area contributed by atoms with E-state index in [4.69, 9.17) is 4.74 Å². The van der Waals surface area contributed by atoms with Crippen LogP contribution < -0.4 is 10.1 Å². The normalized spacial score (nSPS) is 21.8. The predicted octanol–water partition coefficient (Wildman–Crippen LogP) is 3.35. The van der Waals surface area contributed by atoms with Gasteiger partial charge in [-0.25, -0.2) is 0 Å². The van der Waals surface area contributed by atoms with Gasteiger partial charge in [-0.2, -0.15) is 0 Å². The van der Waals surface area contributed by atoms with Gasteiger partial charge in [-0.05, 0) is 37.1 Å². The summed E-state index contributed by atoms with van der Waals surface area (Å²) >= 11 is 3.64. The third-order valence-corrected chi connectivity index (χ3v) is 4.92. The number of nitrogens with one attached hydrogen (secondary N) is 1. The highest BCUT2D eigenvalue weighted by molar-refractivity contribution is 9.10. The molecule has 0 saturated carbocycles. The van der Waals surface area contributed by atoms with Gasteiger partial charge in [-0.15, -0.1) is 0 Å². The van der Waals surface area contributed by atoms with Gasteiger partial charge in [-0.3, -0.25) is 4.90 Å². The van der Waals surface area contributed by atoms with E-state index in [1.54, 1.807) is 0 Å². The summed E-state index contributed by atoms with van der Waals surface area (Å²) in [4.78, 5) is 2.61. The van der Waals surface area contributed by atoms with Gasteiger partial charge in [0.25, 0.3) is 0 Å². The Balaban J connectivity index is 1.71. The second-order valence-electron chi connectivity index (χ2n) is 6.48. The van der Waals surface area contributed by atoms with E-state index in [2.05, 4.69) is 52.1 Å². The molecule has 2 aliphatic heterocycles.